The molecule has 1 atom stereocenters. The summed E-state index contributed by atoms with van der Waals surface area (Å²) >= 11 is 0.126. The van der Waals surface area contributed by atoms with Gasteiger partial charge in [-0.2, -0.15) is 13.2 Å². The van der Waals surface area contributed by atoms with Crippen molar-refractivity contribution >= 4 is 11.8 Å². The summed E-state index contributed by atoms with van der Waals surface area (Å²) in [7, 11) is 0. The summed E-state index contributed by atoms with van der Waals surface area (Å²) in [4.78, 5) is 0. The number of halogens is 3. The van der Waals surface area contributed by atoms with Crippen LogP contribution in [-0.4, -0.2) is 24.4 Å². The fourth-order valence-corrected chi connectivity index (χ4v) is 3.24. The van der Waals surface area contributed by atoms with Crippen molar-refractivity contribution < 1.29 is 13.2 Å². The molecule has 1 saturated carbocycles. The molecule has 0 aromatic carbocycles. The monoisotopic (exact) mass is 269 g/mol. The van der Waals surface area contributed by atoms with Crippen molar-refractivity contribution in [2.24, 2.45) is 11.8 Å². The normalized spacial score (nSPS) is 19.8. The smallest absolute Gasteiger partial charge is 0.317 e. The Morgan fingerprint density at radius 3 is 2.47 bits per heavy atom. The maximum Gasteiger partial charge on any atom is 0.441 e. The van der Waals surface area contributed by atoms with Crippen molar-refractivity contribution in [1.82, 2.24) is 5.32 Å². The van der Waals surface area contributed by atoms with Crippen LogP contribution in [0.4, 0.5) is 13.2 Å². The fraction of sp³-hybridized carbons (Fsp3) is 1.00. The minimum atomic E-state index is -4.07. The summed E-state index contributed by atoms with van der Waals surface area (Å²) in [5, 5.41) is 3.28. The third kappa shape index (κ3) is 6.55. The Balaban J connectivity index is 2.29. The van der Waals surface area contributed by atoms with Crippen LogP contribution in [0.5, 0.6) is 0 Å². The number of thioether (sulfide) groups is 1. The van der Waals surface area contributed by atoms with Gasteiger partial charge in [0, 0.05) is 5.75 Å². The van der Waals surface area contributed by atoms with Gasteiger partial charge < -0.3 is 5.32 Å². The van der Waals surface area contributed by atoms with E-state index in [1.807, 2.05) is 6.92 Å². The molecule has 1 aliphatic rings. The number of hydrogen-bond donors (Lipinski definition) is 1. The van der Waals surface area contributed by atoms with Crippen LogP contribution in [0.1, 0.15) is 39.0 Å². The molecule has 0 radical (unpaired) electrons. The van der Waals surface area contributed by atoms with E-state index >= 15 is 0 Å². The fourth-order valence-electron chi connectivity index (χ4n) is 2.59. The zero-order valence-electron chi connectivity index (χ0n) is 10.4. The van der Waals surface area contributed by atoms with Crippen molar-refractivity contribution in [3.8, 4) is 0 Å². The van der Waals surface area contributed by atoms with Crippen LogP contribution in [0.2, 0.25) is 0 Å². The molecule has 102 valence electrons. The van der Waals surface area contributed by atoms with Crippen LogP contribution in [0.15, 0.2) is 0 Å². The minimum absolute atomic E-state index is 0.126. The molecule has 0 aliphatic heterocycles. The van der Waals surface area contributed by atoms with E-state index in [2.05, 4.69) is 5.32 Å². The summed E-state index contributed by atoms with van der Waals surface area (Å²) in [6.45, 7) is 3.81. The predicted octanol–water partition coefficient (Wildman–Crippen LogP) is 4.05. The van der Waals surface area contributed by atoms with E-state index in [4.69, 9.17) is 0 Å². The van der Waals surface area contributed by atoms with Crippen LogP contribution >= 0.6 is 11.8 Å². The van der Waals surface area contributed by atoms with Crippen LogP contribution in [0.3, 0.4) is 0 Å². The summed E-state index contributed by atoms with van der Waals surface area (Å²) in [5.41, 5.74) is -4.07. The summed E-state index contributed by atoms with van der Waals surface area (Å²) in [5.74, 6) is 1.27. The SMILES string of the molecule is CCNCC(CCSC(F)(F)F)C1CCCC1. The van der Waals surface area contributed by atoms with Gasteiger partial charge in [-0.05, 0) is 31.3 Å². The van der Waals surface area contributed by atoms with E-state index in [9.17, 15) is 13.2 Å². The van der Waals surface area contributed by atoms with E-state index in [0.29, 0.717) is 18.3 Å². The van der Waals surface area contributed by atoms with Crippen LogP contribution < -0.4 is 5.32 Å². The minimum Gasteiger partial charge on any atom is -0.317 e. The highest BCUT2D eigenvalue weighted by Crippen LogP contribution is 2.36. The highest BCUT2D eigenvalue weighted by Gasteiger charge is 2.30. The second kappa shape index (κ2) is 7.52. The van der Waals surface area contributed by atoms with Crippen molar-refractivity contribution in [3.05, 3.63) is 0 Å². The summed E-state index contributed by atoms with van der Waals surface area (Å²) < 4.78 is 36.2. The molecule has 1 aliphatic carbocycles. The zero-order valence-corrected chi connectivity index (χ0v) is 11.2. The van der Waals surface area contributed by atoms with Gasteiger partial charge in [-0.3, -0.25) is 0 Å². The average molecular weight is 269 g/mol. The second-order valence-corrected chi connectivity index (χ2v) is 5.86. The topological polar surface area (TPSA) is 12.0 Å². The first-order valence-corrected chi connectivity index (χ1v) is 7.43. The molecule has 0 spiro atoms. The lowest BCUT2D eigenvalue weighted by Gasteiger charge is -2.23. The van der Waals surface area contributed by atoms with Crippen LogP contribution in [0.25, 0.3) is 0 Å². The van der Waals surface area contributed by atoms with Gasteiger partial charge in [0.05, 0.1) is 0 Å². The van der Waals surface area contributed by atoms with Crippen molar-refractivity contribution in [1.29, 1.82) is 0 Å². The highest BCUT2D eigenvalue weighted by molar-refractivity contribution is 8.00. The van der Waals surface area contributed by atoms with Gasteiger partial charge in [-0.1, -0.05) is 44.4 Å². The number of rotatable bonds is 7. The molecule has 0 saturated heterocycles. The quantitative estimate of drug-likeness (QED) is 0.748. The third-order valence-corrected chi connectivity index (χ3v) is 4.24. The largest absolute Gasteiger partial charge is 0.441 e. The van der Waals surface area contributed by atoms with Gasteiger partial charge in [0.25, 0.3) is 0 Å². The molecule has 0 aromatic heterocycles. The molecule has 0 amide bonds. The average Bonchev–Trinajstić information content (AvgIpc) is 2.74. The first-order chi connectivity index (χ1) is 8.03. The molecule has 1 nitrogen and oxygen atoms in total. The molecule has 1 unspecified atom stereocenters. The van der Waals surface area contributed by atoms with E-state index in [0.717, 1.165) is 13.1 Å². The van der Waals surface area contributed by atoms with Crippen molar-refractivity contribution in [2.45, 2.75) is 44.5 Å². The maximum atomic E-state index is 12.1. The highest BCUT2D eigenvalue weighted by atomic mass is 32.2. The molecule has 17 heavy (non-hydrogen) atoms. The van der Waals surface area contributed by atoms with Crippen LogP contribution in [0, 0.1) is 11.8 Å². The Morgan fingerprint density at radius 1 is 1.29 bits per heavy atom. The first kappa shape index (κ1) is 15.2. The maximum absolute atomic E-state index is 12.1. The van der Waals surface area contributed by atoms with Gasteiger partial charge >= 0.3 is 5.51 Å². The zero-order chi connectivity index (χ0) is 12.7. The second-order valence-electron chi connectivity index (χ2n) is 4.70. The standard InChI is InChI=1S/C12H22F3NS/c1-2-16-9-11(10-5-3-4-6-10)7-8-17-12(13,14)15/h10-11,16H,2-9H2,1H3. The molecule has 1 fully saturated rings. The Hall–Kier alpha value is 0.100. The Kier molecular flexibility index (Phi) is 6.70. The molecule has 0 heterocycles. The van der Waals surface area contributed by atoms with Gasteiger partial charge in [-0.15, -0.1) is 0 Å². The molecular formula is C12H22F3NS. The molecule has 1 N–H and O–H groups in total. The van der Waals surface area contributed by atoms with E-state index in [-0.39, 0.29) is 17.5 Å². The van der Waals surface area contributed by atoms with Gasteiger partial charge in [0.1, 0.15) is 0 Å². The van der Waals surface area contributed by atoms with Crippen molar-refractivity contribution in [3.63, 3.8) is 0 Å². The lowest BCUT2D eigenvalue weighted by Crippen LogP contribution is -2.28. The van der Waals surface area contributed by atoms with E-state index in [1.165, 1.54) is 25.7 Å². The molecular weight excluding hydrogens is 247 g/mol. The van der Waals surface area contributed by atoms with Gasteiger partial charge in [-0.25, -0.2) is 0 Å². The number of hydrogen-bond acceptors (Lipinski definition) is 2. The third-order valence-electron chi connectivity index (χ3n) is 3.48. The summed E-state index contributed by atoms with van der Waals surface area (Å²) in [6.07, 6.45) is 5.58. The Morgan fingerprint density at radius 2 is 1.94 bits per heavy atom. The van der Waals surface area contributed by atoms with Gasteiger partial charge in [0.15, 0.2) is 0 Å². The van der Waals surface area contributed by atoms with E-state index < -0.39 is 5.51 Å². The number of alkyl halides is 3. The Labute approximate surface area is 106 Å². The predicted molar refractivity (Wildman–Crippen MR) is 67.1 cm³/mol. The molecule has 0 aromatic rings. The molecule has 5 heteroatoms. The summed E-state index contributed by atoms with van der Waals surface area (Å²) in [6, 6.07) is 0. The first-order valence-electron chi connectivity index (χ1n) is 6.44. The van der Waals surface area contributed by atoms with Crippen LogP contribution in [-0.2, 0) is 0 Å². The Bertz CT molecular complexity index is 202. The lowest BCUT2D eigenvalue weighted by molar-refractivity contribution is -0.0328. The molecule has 1 rings (SSSR count). The lowest BCUT2D eigenvalue weighted by atomic mass is 9.88. The van der Waals surface area contributed by atoms with Crippen molar-refractivity contribution in [2.75, 3.05) is 18.8 Å². The molecule has 0 bridgehead atoms. The van der Waals surface area contributed by atoms with E-state index in [1.54, 1.807) is 0 Å². The van der Waals surface area contributed by atoms with Gasteiger partial charge in [0.2, 0.25) is 0 Å². The number of nitrogens with one attached hydrogen (secondary N) is 1.